The van der Waals surface area contributed by atoms with E-state index in [1.807, 2.05) is 24.3 Å². The summed E-state index contributed by atoms with van der Waals surface area (Å²) in [6.07, 6.45) is 2.45. The number of benzene rings is 1. The Morgan fingerprint density at radius 1 is 1.17 bits per heavy atom. The summed E-state index contributed by atoms with van der Waals surface area (Å²) in [6, 6.07) is 7.50. The topological polar surface area (TPSA) is 96.5 Å². The molecule has 2 rings (SSSR count). The second-order valence-corrected chi connectivity index (χ2v) is 6.08. The lowest BCUT2D eigenvalue weighted by Crippen LogP contribution is -2.48. The van der Waals surface area contributed by atoms with E-state index in [4.69, 9.17) is 4.74 Å². The van der Waals surface area contributed by atoms with E-state index in [2.05, 4.69) is 32.1 Å². The Hall–Kier alpha value is -2.09. The van der Waals surface area contributed by atoms with Crippen LogP contribution in [0.2, 0.25) is 0 Å². The summed E-state index contributed by atoms with van der Waals surface area (Å²) in [5.41, 5.74) is 4.29. The fraction of sp³-hybridized carbons (Fsp3) is 0.400. The van der Waals surface area contributed by atoms with Crippen LogP contribution in [0.1, 0.15) is 25.7 Å². The van der Waals surface area contributed by atoms with Gasteiger partial charge in [-0.1, -0.05) is 22.0 Å². The van der Waals surface area contributed by atoms with Crippen molar-refractivity contribution in [1.29, 1.82) is 0 Å². The van der Waals surface area contributed by atoms with Crippen molar-refractivity contribution in [3.63, 3.8) is 0 Å². The number of carbonyl (C=O) groups is 3. The van der Waals surface area contributed by atoms with Crippen molar-refractivity contribution in [2.45, 2.75) is 31.7 Å². The van der Waals surface area contributed by atoms with Crippen molar-refractivity contribution >= 4 is 33.7 Å². The van der Waals surface area contributed by atoms with E-state index in [1.165, 1.54) is 0 Å². The van der Waals surface area contributed by atoms with Gasteiger partial charge in [0.25, 0.3) is 0 Å². The lowest BCUT2D eigenvalue weighted by Gasteiger charge is -2.08. The zero-order valence-electron chi connectivity index (χ0n) is 12.4. The van der Waals surface area contributed by atoms with Crippen molar-refractivity contribution < 1.29 is 19.1 Å². The number of carbonyl (C=O) groups excluding carboxylic acids is 3. The standard InChI is InChI=1S/C15H18BrN3O4/c16-10-3-1-4-12(9-10)23-8-2-5-13(20)18-19-15(22)14(21)17-11-6-7-11/h1,3-4,9,11H,2,5-8H2,(H,17,21)(H,18,20)(H,19,22). The molecule has 3 N–H and O–H groups in total. The highest BCUT2D eigenvalue weighted by Gasteiger charge is 2.26. The predicted molar refractivity (Wildman–Crippen MR) is 86.3 cm³/mol. The molecule has 0 spiro atoms. The van der Waals surface area contributed by atoms with Crippen LogP contribution >= 0.6 is 15.9 Å². The first-order valence-electron chi connectivity index (χ1n) is 7.32. The monoisotopic (exact) mass is 383 g/mol. The Kier molecular flexibility index (Phi) is 6.40. The van der Waals surface area contributed by atoms with E-state index in [0.717, 1.165) is 17.3 Å². The van der Waals surface area contributed by atoms with Gasteiger partial charge in [0.1, 0.15) is 5.75 Å². The first-order valence-corrected chi connectivity index (χ1v) is 8.12. The molecule has 7 nitrogen and oxygen atoms in total. The summed E-state index contributed by atoms with van der Waals surface area (Å²) in [7, 11) is 0. The minimum absolute atomic E-state index is 0.0964. The SMILES string of the molecule is O=C(CCCOc1cccc(Br)c1)NNC(=O)C(=O)NC1CC1. The van der Waals surface area contributed by atoms with Crippen molar-refractivity contribution in [3.05, 3.63) is 28.7 Å². The average Bonchev–Trinajstić information content (AvgIpc) is 3.33. The first-order chi connectivity index (χ1) is 11.0. The minimum atomic E-state index is -0.865. The third kappa shape index (κ3) is 6.68. The Balaban J connectivity index is 1.56. The third-order valence-electron chi connectivity index (χ3n) is 3.05. The Morgan fingerprint density at radius 2 is 1.96 bits per heavy atom. The lowest BCUT2D eigenvalue weighted by molar-refractivity contribution is -0.141. The van der Waals surface area contributed by atoms with Crippen molar-refractivity contribution in [2.75, 3.05) is 6.61 Å². The highest BCUT2D eigenvalue weighted by atomic mass is 79.9. The minimum Gasteiger partial charge on any atom is -0.494 e. The van der Waals surface area contributed by atoms with Gasteiger partial charge in [-0.05, 0) is 37.5 Å². The molecule has 1 saturated carbocycles. The second-order valence-electron chi connectivity index (χ2n) is 5.16. The number of halogens is 1. The molecule has 0 aromatic heterocycles. The molecule has 8 heteroatoms. The van der Waals surface area contributed by atoms with Gasteiger partial charge in [-0.3, -0.25) is 25.2 Å². The number of ether oxygens (including phenoxy) is 1. The zero-order chi connectivity index (χ0) is 16.7. The molecule has 0 aliphatic heterocycles. The molecule has 0 heterocycles. The molecule has 124 valence electrons. The van der Waals surface area contributed by atoms with Gasteiger partial charge in [0.05, 0.1) is 6.61 Å². The molecular formula is C15H18BrN3O4. The molecule has 1 aliphatic rings. The van der Waals surface area contributed by atoms with Crippen LogP contribution in [-0.4, -0.2) is 30.4 Å². The first kappa shape index (κ1) is 17.3. The van der Waals surface area contributed by atoms with E-state index in [-0.39, 0.29) is 18.4 Å². The van der Waals surface area contributed by atoms with E-state index in [9.17, 15) is 14.4 Å². The van der Waals surface area contributed by atoms with Gasteiger partial charge < -0.3 is 10.1 Å². The molecular weight excluding hydrogens is 366 g/mol. The fourth-order valence-electron chi connectivity index (χ4n) is 1.70. The summed E-state index contributed by atoms with van der Waals surface area (Å²) in [6.45, 7) is 0.375. The Bertz CT molecular complexity index is 590. The third-order valence-corrected chi connectivity index (χ3v) is 3.54. The number of nitrogens with one attached hydrogen (secondary N) is 3. The molecule has 0 atom stereocenters. The lowest BCUT2D eigenvalue weighted by atomic mass is 10.3. The zero-order valence-corrected chi connectivity index (χ0v) is 14.0. The number of hydrogen-bond donors (Lipinski definition) is 3. The van der Waals surface area contributed by atoms with Crippen LogP contribution in [0, 0.1) is 0 Å². The van der Waals surface area contributed by atoms with Gasteiger partial charge in [-0.15, -0.1) is 0 Å². The smallest absolute Gasteiger partial charge is 0.327 e. The van der Waals surface area contributed by atoms with Crippen molar-refractivity contribution in [1.82, 2.24) is 16.2 Å². The molecule has 1 aromatic carbocycles. The molecule has 23 heavy (non-hydrogen) atoms. The number of rotatable bonds is 6. The maximum absolute atomic E-state index is 11.5. The van der Waals surface area contributed by atoms with Crippen molar-refractivity contribution in [3.8, 4) is 5.75 Å². The summed E-state index contributed by atoms with van der Waals surface area (Å²) >= 11 is 3.34. The van der Waals surface area contributed by atoms with Gasteiger partial charge >= 0.3 is 11.8 Å². The number of hydrazine groups is 1. The summed E-state index contributed by atoms with van der Waals surface area (Å²) in [5, 5.41) is 2.53. The molecule has 0 radical (unpaired) electrons. The molecule has 1 aliphatic carbocycles. The van der Waals surface area contributed by atoms with E-state index in [1.54, 1.807) is 0 Å². The normalized spacial score (nSPS) is 13.1. The van der Waals surface area contributed by atoms with E-state index >= 15 is 0 Å². The van der Waals surface area contributed by atoms with Gasteiger partial charge in [0.2, 0.25) is 5.91 Å². The average molecular weight is 384 g/mol. The largest absolute Gasteiger partial charge is 0.494 e. The van der Waals surface area contributed by atoms with Gasteiger partial charge in [0, 0.05) is 16.9 Å². The Morgan fingerprint density at radius 3 is 2.65 bits per heavy atom. The van der Waals surface area contributed by atoms with Gasteiger partial charge in [0.15, 0.2) is 0 Å². The highest BCUT2D eigenvalue weighted by molar-refractivity contribution is 9.10. The van der Waals surface area contributed by atoms with Gasteiger partial charge in [-0.2, -0.15) is 0 Å². The van der Waals surface area contributed by atoms with E-state index < -0.39 is 11.8 Å². The summed E-state index contributed by atoms with van der Waals surface area (Å²) in [4.78, 5) is 34.3. The van der Waals surface area contributed by atoms with Crippen LogP contribution in [0.5, 0.6) is 5.75 Å². The van der Waals surface area contributed by atoms with Crippen molar-refractivity contribution in [2.24, 2.45) is 0 Å². The summed E-state index contributed by atoms with van der Waals surface area (Å²) < 4.78 is 6.41. The van der Waals surface area contributed by atoms with Crippen LogP contribution in [0.25, 0.3) is 0 Å². The molecule has 3 amide bonds. The van der Waals surface area contributed by atoms with Crippen LogP contribution in [0.3, 0.4) is 0 Å². The molecule has 0 bridgehead atoms. The number of amides is 3. The number of hydrogen-bond acceptors (Lipinski definition) is 4. The predicted octanol–water partition coefficient (Wildman–Crippen LogP) is 1.03. The molecule has 1 fully saturated rings. The van der Waals surface area contributed by atoms with Gasteiger partial charge in [-0.25, -0.2) is 0 Å². The second kappa shape index (κ2) is 8.52. The van der Waals surface area contributed by atoms with Crippen LogP contribution in [0.4, 0.5) is 0 Å². The summed E-state index contributed by atoms with van der Waals surface area (Å²) in [5.74, 6) is -1.26. The Labute approximate surface area is 142 Å². The quantitative estimate of drug-likeness (QED) is 0.388. The van der Waals surface area contributed by atoms with Crippen LogP contribution in [-0.2, 0) is 14.4 Å². The fourth-order valence-corrected chi connectivity index (χ4v) is 2.08. The maximum atomic E-state index is 11.5. The van der Waals surface area contributed by atoms with Crippen LogP contribution < -0.4 is 20.9 Å². The van der Waals surface area contributed by atoms with Crippen LogP contribution in [0.15, 0.2) is 28.7 Å². The highest BCUT2D eigenvalue weighted by Crippen LogP contribution is 2.18. The molecule has 1 aromatic rings. The van der Waals surface area contributed by atoms with E-state index in [0.29, 0.717) is 18.8 Å². The molecule has 0 saturated heterocycles. The molecule has 0 unspecified atom stereocenters. The maximum Gasteiger partial charge on any atom is 0.327 e.